The van der Waals surface area contributed by atoms with Crippen LogP contribution in [0.1, 0.15) is 58.9 Å². The molecule has 2 amide bonds. The van der Waals surface area contributed by atoms with Gasteiger partial charge in [0, 0.05) is 25.2 Å². The van der Waals surface area contributed by atoms with E-state index in [1.807, 2.05) is 29.2 Å². The molecule has 0 saturated carbocycles. The molecule has 1 saturated heterocycles. The van der Waals surface area contributed by atoms with Crippen molar-refractivity contribution >= 4 is 17.5 Å². The molecule has 1 N–H and O–H groups in total. The molecule has 2 aliphatic heterocycles. The summed E-state index contributed by atoms with van der Waals surface area (Å²) in [6.07, 6.45) is 4.36. The zero-order valence-corrected chi connectivity index (χ0v) is 19.0. The van der Waals surface area contributed by atoms with Gasteiger partial charge < -0.3 is 24.6 Å². The molecule has 0 spiro atoms. The van der Waals surface area contributed by atoms with Crippen LogP contribution in [0.2, 0.25) is 0 Å². The Balaban J connectivity index is 1.54. The van der Waals surface area contributed by atoms with E-state index < -0.39 is 0 Å². The zero-order chi connectivity index (χ0) is 22.7. The maximum Gasteiger partial charge on any atom is 0.257 e. The van der Waals surface area contributed by atoms with Gasteiger partial charge in [-0.1, -0.05) is 12.5 Å². The van der Waals surface area contributed by atoms with Gasteiger partial charge in [-0.15, -0.1) is 0 Å². The third kappa shape index (κ3) is 4.11. The molecular formula is C25H31N3O4. The summed E-state index contributed by atoms with van der Waals surface area (Å²) in [5.74, 6) is 1.18. The highest BCUT2D eigenvalue weighted by atomic mass is 16.5. The van der Waals surface area contributed by atoms with Crippen molar-refractivity contribution in [3.05, 3.63) is 53.1 Å². The molecule has 170 valence electrons. The minimum Gasteiger partial charge on any atom is -0.493 e. The fourth-order valence-electron chi connectivity index (χ4n) is 4.71. The summed E-state index contributed by atoms with van der Waals surface area (Å²) in [6.45, 7) is 4.06. The second kappa shape index (κ2) is 9.51. The SMILES string of the molecule is CCN1c2cc(C(=O)NCc3ccc(OC)c(OC)c3)ccc2C(=O)N2CCCCCC21. The first-order chi connectivity index (χ1) is 15.6. The number of carbonyl (C=O) groups is 2. The molecule has 4 rings (SSSR count). The van der Waals surface area contributed by atoms with E-state index in [1.54, 1.807) is 26.4 Å². The molecule has 2 aliphatic rings. The minimum atomic E-state index is -0.172. The first-order valence-electron chi connectivity index (χ1n) is 11.3. The van der Waals surface area contributed by atoms with Gasteiger partial charge in [0.05, 0.1) is 25.5 Å². The number of hydrogen-bond donors (Lipinski definition) is 1. The Morgan fingerprint density at radius 3 is 2.62 bits per heavy atom. The van der Waals surface area contributed by atoms with Crippen molar-refractivity contribution in [1.29, 1.82) is 0 Å². The van der Waals surface area contributed by atoms with Crippen LogP contribution in [0.5, 0.6) is 11.5 Å². The summed E-state index contributed by atoms with van der Waals surface area (Å²) in [5, 5.41) is 2.97. The highest BCUT2D eigenvalue weighted by Gasteiger charge is 2.37. The lowest BCUT2D eigenvalue weighted by Crippen LogP contribution is -2.55. The molecule has 2 aromatic carbocycles. The van der Waals surface area contributed by atoms with Gasteiger partial charge in [0.2, 0.25) is 0 Å². The fourth-order valence-corrected chi connectivity index (χ4v) is 4.71. The standard InChI is InChI=1S/C25H31N3O4/c1-4-27-20-15-18(10-11-19(20)25(30)28-13-7-5-6-8-23(27)28)24(29)26-16-17-9-12-21(31-2)22(14-17)32-3/h9-12,14-15,23H,4-8,13,16H2,1-3H3,(H,26,29). The first kappa shape index (κ1) is 22.0. The van der Waals surface area contributed by atoms with Gasteiger partial charge in [-0.25, -0.2) is 0 Å². The summed E-state index contributed by atoms with van der Waals surface area (Å²) >= 11 is 0. The van der Waals surface area contributed by atoms with E-state index in [2.05, 4.69) is 17.1 Å². The third-order valence-corrected chi connectivity index (χ3v) is 6.38. The van der Waals surface area contributed by atoms with Gasteiger partial charge in [-0.3, -0.25) is 9.59 Å². The summed E-state index contributed by atoms with van der Waals surface area (Å²) < 4.78 is 10.6. The molecule has 32 heavy (non-hydrogen) atoms. The van der Waals surface area contributed by atoms with Gasteiger partial charge in [0.15, 0.2) is 11.5 Å². The second-order valence-corrected chi connectivity index (χ2v) is 8.22. The normalized spacial score (nSPS) is 17.8. The highest BCUT2D eigenvalue weighted by Crippen LogP contribution is 2.35. The number of fused-ring (bicyclic) bond motifs is 2. The van der Waals surface area contributed by atoms with Crippen LogP contribution in [0.25, 0.3) is 0 Å². The summed E-state index contributed by atoms with van der Waals surface area (Å²) in [4.78, 5) is 30.3. The van der Waals surface area contributed by atoms with E-state index in [0.29, 0.717) is 29.2 Å². The fraction of sp³-hybridized carbons (Fsp3) is 0.440. The summed E-state index contributed by atoms with van der Waals surface area (Å²) in [5.41, 5.74) is 3.01. The van der Waals surface area contributed by atoms with Gasteiger partial charge in [-0.2, -0.15) is 0 Å². The van der Waals surface area contributed by atoms with Crippen LogP contribution in [0.3, 0.4) is 0 Å². The molecule has 1 fully saturated rings. The molecule has 0 aromatic heterocycles. The van der Waals surface area contributed by atoms with Gasteiger partial charge in [-0.05, 0) is 62.1 Å². The van der Waals surface area contributed by atoms with Crippen molar-refractivity contribution in [1.82, 2.24) is 10.2 Å². The molecule has 0 aliphatic carbocycles. The maximum absolute atomic E-state index is 13.1. The van der Waals surface area contributed by atoms with Crippen molar-refractivity contribution in [2.45, 2.75) is 45.3 Å². The van der Waals surface area contributed by atoms with Gasteiger partial charge in [0.1, 0.15) is 6.17 Å². The number of rotatable bonds is 6. The largest absolute Gasteiger partial charge is 0.493 e. The smallest absolute Gasteiger partial charge is 0.257 e. The quantitative estimate of drug-likeness (QED) is 0.744. The Morgan fingerprint density at radius 2 is 1.88 bits per heavy atom. The topological polar surface area (TPSA) is 71.1 Å². The highest BCUT2D eigenvalue weighted by molar-refractivity contribution is 6.04. The minimum absolute atomic E-state index is 0.0765. The van der Waals surface area contributed by atoms with E-state index in [-0.39, 0.29) is 18.0 Å². The van der Waals surface area contributed by atoms with Crippen molar-refractivity contribution in [3.8, 4) is 11.5 Å². The number of hydrogen-bond acceptors (Lipinski definition) is 5. The third-order valence-electron chi connectivity index (χ3n) is 6.38. The number of carbonyl (C=O) groups excluding carboxylic acids is 2. The lowest BCUT2D eigenvalue weighted by atomic mass is 10.0. The maximum atomic E-state index is 13.1. The van der Waals surface area contributed by atoms with Crippen molar-refractivity contribution < 1.29 is 19.1 Å². The van der Waals surface area contributed by atoms with Crippen LogP contribution < -0.4 is 19.7 Å². The number of ether oxygens (including phenoxy) is 2. The van der Waals surface area contributed by atoms with Gasteiger partial charge in [0.25, 0.3) is 11.8 Å². The van der Waals surface area contributed by atoms with E-state index in [4.69, 9.17) is 9.47 Å². The van der Waals surface area contributed by atoms with Gasteiger partial charge >= 0.3 is 0 Å². The zero-order valence-electron chi connectivity index (χ0n) is 19.0. The number of nitrogens with zero attached hydrogens (tertiary/aromatic N) is 2. The summed E-state index contributed by atoms with van der Waals surface area (Å²) in [6, 6.07) is 11.0. The van der Waals surface area contributed by atoms with E-state index in [1.165, 1.54) is 0 Å². The van der Waals surface area contributed by atoms with Crippen LogP contribution in [0.15, 0.2) is 36.4 Å². The number of amides is 2. The first-order valence-corrected chi connectivity index (χ1v) is 11.3. The van der Waals surface area contributed by atoms with Crippen LogP contribution in [0.4, 0.5) is 5.69 Å². The molecular weight excluding hydrogens is 406 g/mol. The van der Waals surface area contributed by atoms with Crippen LogP contribution in [0, 0.1) is 0 Å². The van der Waals surface area contributed by atoms with Crippen molar-refractivity contribution in [2.75, 3.05) is 32.2 Å². The van der Waals surface area contributed by atoms with Crippen molar-refractivity contribution in [3.63, 3.8) is 0 Å². The molecule has 7 nitrogen and oxygen atoms in total. The predicted molar refractivity (Wildman–Crippen MR) is 123 cm³/mol. The Morgan fingerprint density at radius 1 is 1.06 bits per heavy atom. The Labute approximate surface area is 189 Å². The number of benzene rings is 2. The Kier molecular flexibility index (Phi) is 6.53. The van der Waals surface area contributed by atoms with Crippen LogP contribution >= 0.6 is 0 Å². The second-order valence-electron chi connectivity index (χ2n) is 8.22. The van der Waals surface area contributed by atoms with E-state index in [9.17, 15) is 9.59 Å². The monoisotopic (exact) mass is 437 g/mol. The molecule has 0 radical (unpaired) electrons. The van der Waals surface area contributed by atoms with E-state index >= 15 is 0 Å². The Bertz CT molecular complexity index is 1010. The lowest BCUT2D eigenvalue weighted by Gasteiger charge is -2.44. The average molecular weight is 438 g/mol. The Hall–Kier alpha value is -3.22. The lowest BCUT2D eigenvalue weighted by molar-refractivity contribution is 0.0656. The average Bonchev–Trinajstić information content (AvgIpc) is 3.08. The molecule has 1 atom stereocenters. The number of nitrogens with one attached hydrogen (secondary N) is 1. The van der Waals surface area contributed by atoms with Crippen LogP contribution in [-0.4, -0.2) is 50.2 Å². The van der Waals surface area contributed by atoms with Crippen molar-refractivity contribution in [2.24, 2.45) is 0 Å². The predicted octanol–water partition coefficient (Wildman–Crippen LogP) is 3.82. The number of methoxy groups -OCH3 is 2. The number of anilines is 1. The summed E-state index contributed by atoms with van der Waals surface area (Å²) in [7, 11) is 3.18. The van der Waals surface area contributed by atoms with E-state index in [0.717, 1.165) is 50.0 Å². The van der Waals surface area contributed by atoms with Crippen LogP contribution in [-0.2, 0) is 6.54 Å². The molecule has 0 bridgehead atoms. The molecule has 7 heteroatoms. The molecule has 2 heterocycles. The molecule has 2 aromatic rings. The molecule has 1 unspecified atom stereocenters.